The van der Waals surface area contributed by atoms with Crippen LogP contribution in [0.4, 0.5) is 0 Å². The summed E-state index contributed by atoms with van der Waals surface area (Å²) in [6.45, 7) is 14.2. The van der Waals surface area contributed by atoms with Crippen molar-refractivity contribution in [3.8, 4) is 11.1 Å². The summed E-state index contributed by atoms with van der Waals surface area (Å²) in [6.07, 6.45) is 11.6. The number of rotatable bonds is 5. The molecule has 0 amide bonds. The fourth-order valence-corrected chi connectivity index (χ4v) is 14.6. The summed E-state index contributed by atoms with van der Waals surface area (Å²) in [5, 5.41) is 0. The smallest absolute Gasteiger partial charge is 1.00 e. The Morgan fingerprint density at radius 3 is 2.24 bits per heavy atom. The molecule has 0 N–H and O–H groups in total. The Morgan fingerprint density at radius 2 is 1.57 bits per heavy atom. The Hall–Kier alpha value is -2.25. The van der Waals surface area contributed by atoms with Crippen LogP contribution in [-0.2, 0) is 44.9 Å². The molecule has 0 bridgehead atoms. The van der Waals surface area contributed by atoms with Gasteiger partial charge >= 0.3 is 249 Å². The van der Waals surface area contributed by atoms with Crippen LogP contribution in [0.25, 0.3) is 16.7 Å². The summed E-state index contributed by atoms with van der Waals surface area (Å²) in [5.41, 5.74) is 13.2. The van der Waals surface area contributed by atoms with Gasteiger partial charge in [0.1, 0.15) is 0 Å². The maximum Gasteiger partial charge on any atom is -1.00 e. The molecule has 0 aliphatic heterocycles. The number of halogens is 2. The third-order valence-electron chi connectivity index (χ3n) is 8.49. The van der Waals surface area contributed by atoms with Gasteiger partial charge in [-0.2, -0.15) is 0 Å². The Bertz CT molecular complexity index is 1660. The van der Waals surface area contributed by atoms with E-state index in [0.717, 1.165) is 19.3 Å². The number of benzene rings is 3. The second kappa shape index (κ2) is 12.8. The van der Waals surface area contributed by atoms with E-state index in [2.05, 4.69) is 124 Å². The predicted molar refractivity (Wildman–Crippen MR) is 167 cm³/mol. The first-order valence-electron chi connectivity index (χ1n) is 14.6. The Labute approximate surface area is 272 Å². The number of hydrogen-bond acceptors (Lipinski definition) is 1. The topological polar surface area (TPSA) is 13.1 Å². The minimum absolute atomic E-state index is 0. The summed E-state index contributed by atoms with van der Waals surface area (Å²) < 4.78 is 11.7. The fourth-order valence-electron chi connectivity index (χ4n) is 6.33. The van der Waals surface area contributed by atoms with Gasteiger partial charge in [-0.1, -0.05) is 0 Å². The number of allylic oxidation sites excluding steroid dienone is 4. The molecule has 2 aliphatic carbocycles. The van der Waals surface area contributed by atoms with Gasteiger partial charge in [-0.3, -0.25) is 0 Å². The van der Waals surface area contributed by atoms with Gasteiger partial charge in [-0.15, -0.1) is 0 Å². The second-order valence-corrected chi connectivity index (χ2v) is 19.1. The van der Waals surface area contributed by atoms with Crippen molar-refractivity contribution in [2.45, 2.75) is 71.6 Å². The Balaban J connectivity index is 0.00000202. The summed E-state index contributed by atoms with van der Waals surface area (Å²) in [7, 11) is 0. The van der Waals surface area contributed by atoms with Gasteiger partial charge in [0.2, 0.25) is 0 Å². The van der Waals surface area contributed by atoms with E-state index >= 15 is 0 Å². The van der Waals surface area contributed by atoms with Crippen molar-refractivity contribution in [2.75, 3.05) is 0 Å². The largest absolute Gasteiger partial charge is 1.00 e. The standard InChI is InChI=1S/C21H25.C9H7O.C8H8.2ClH.Zr/c1-20(2,3)16-7-9-18-14(12-16)11-15-13-17(21(4,5)6)8-10-19(15)18;1-2-4-8(3-1)9-5-6-10-7-9;1-2-8-6-4-3-5-7-8;;;/h7-10,12H,11H2,1-6H3;1,3,5-7H,2H2;1,3-7H,2H2;2*1H;/q;;;;;+2/p-2. The number of fused-ring (bicyclic) bond motifs is 3. The molecule has 0 fully saturated rings. The molecule has 6 rings (SSSR count). The molecule has 42 heavy (non-hydrogen) atoms. The van der Waals surface area contributed by atoms with E-state index < -0.39 is 21.3 Å². The minimum Gasteiger partial charge on any atom is -1.00 e. The molecule has 1 nitrogen and oxygen atoms in total. The summed E-state index contributed by atoms with van der Waals surface area (Å²) in [5.74, 6) is 0. The zero-order chi connectivity index (χ0) is 28.1. The molecule has 1 aromatic heterocycles. The van der Waals surface area contributed by atoms with E-state index in [1.165, 1.54) is 39.0 Å². The van der Waals surface area contributed by atoms with Crippen LogP contribution in [0.2, 0.25) is 0 Å². The zero-order valence-electron chi connectivity index (χ0n) is 25.5. The molecule has 4 aromatic rings. The van der Waals surface area contributed by atoms with Gasteiger partial charge < -0.3 is 24.8 Å². The van der Waals surface area contributed by atoms with E-state index in [9.17, 15) is 0 Å². The van der Waals surface area contributed by atoms with Gasteiger partial charge in [-0.25, -0.2) is 0 Å². The molecule has 0 saturated carbocycles. The van der Waals surface area contributed by atoms with E-state index in [1.54, 1.807) is 17.7 Å². The summed E-state index contributed by atoms with van der Waals surface area (Å²) >= 11 is -2.53. The molecule has 3 aromatic carbocycles. The van der Waals surface area contributed by atoms with Gasteiger partial charge in [-0.05, 0) is 0 Å². The van der Waals surface area contributed by atoms with Crippen molar-refractivity contribution in [2.24, 2.45) is 0 Å². The molecule has 1 heterocycles. The zero-order valence-corrected chi connectivity index (χ0v) is 29.5. The first kappa shape index (κ1) is 32.7. The average Bonchev–Trinajstić information content (AvgIpc) is 3.67. The predicted octanol–water partition coefficient (Wildman–Crippen LogP) is 3.11. The molecular formula is C38H40Cl2OZr. The first-order chi connectivity index (χ1) is 19.1. The summed E-state index contributed by atoms with van der Waals surface area (Å²) in [6, 6.07) is 25.3. The number of furan rings is 1. The molecule has 4 heteroatoms. The monoisotopic (exact) mass is 672 g/mol. The molecule has 0 saturated heterocycles. The molecule has 0 atom stereocenters. The van der Waals surface area contributed by atoms with E-state index in [1.807, 2.05) is 12.5 Å². The molecule has 0 radical (unpaired) electrons. The van der Waals surface area contributed by atoms with Crippen LogP contribution in [-0.4, -0.2) is 3.71 Å². The van der Waals surface area contributed by atoms with Gasteiger partial charge in [0.25, 0.3) is 0 Å². The maximum atomic E-state index is 5.57. The SMILES string of the molecule is CC(C)(C)c1ccc2c(c1)Cc1c-2ccc(C(C)(C)C)[c]1[Zr+2](=[CH]Cc1ccccc1)[C]1=C(c2ccoc2)C=CC1.[Cl-].[Cl-]. The van der Waals surface area contributed by atoms with Crippen molar-refractivity contribution < 1.29 is 50.5 Å². The van der Waals surface area contributed by atoms with E-state index in [4.69, 9.17) is 4.42 Å². The molecule has 0 spiro atoms. The van der Waals surface area contributed by atoms with Crippen LogP contribution in [0.15, 0.2) is 99.1 Å². The first-order valence-corrected chi connectivity index (χ1v) is 18.5. The van der Waals surface area contributed by atoms with Crippen LogP contribution in [0.1, 0.15) is 81.3 Å². The quantitative estimate of drug-likeness (QED) is 0.280. The van der Waals surface area contributed by atoms with E-state index in [-0.39, 0.29) is 35.6 Å². The number of hydrogen-bond donors (Lipinski definition) is 0. The third-order valence-corrected chi connectivity index (χ3v) is 15.5. The van der Waals surface area contributed by atoms with Crippen molar-refractivity contribution in [3.05, 3.63) is 128 Å². The summed E-state index contributed by atoms with van der Waals surface area (Å²) in [4.78, 5) is 0. The van der Waals surface area contributed by atoms with Crippen LogP contribution >= 0.6 is 0 Å². The molecule has 2 aliphatic rings. The van der Waals surface area contributed by atoms with Crippen molar-refractivity contribution in [1.82, 2.24) is 0 Å². The molecule has 216 valence electrons. The van der Waals surface area contributed by atoms with Crippen molar-refractivity contribution in [3.63, 3.8) is 0 Å². The van der Waals surface area contributed by atoms with Crippen LogP contribution < -0.4 is 28.1 Å². The molecule has 0 unspecified atom stereocenters. The van der Waals surface area contributed by atoms with Crippen LogP contribution in [0.5, 0.6) is 0 Å². The normalized spacial score (nSPS) is 14.0. The Morgan fingerprint density at radius 1 is 0.833 bits per heavy atom. The van der Waals surface area contributed by atoms with Gasteiger partial charge in [0, 0.05) is 0 Å². The van der Waals surface area contributed by atoms with Gasteiger partial charge in [0.15, 0.2) is 0 Å². The van der Waals surface area contributed by atoms with Crippen molar-refractivity contribution >= 4 is 12.6 Å². The third kappa shape index (κ3) is 6.33. The van der Waals surface area contributed by atoms with E-state index in [0.29, 0.717) is 0 Å². The van der Waals surface area contributed by atoms with Crippen LogP contribution in [0, 0.1) is 0 Å². The maximum absolute atomic E-state index is 5.57. The Kier molecular flexibility index (Phi) is 9.94. The molecular weight excluding hydrogens is 635 g/mol. The van der Waals surface area contributed by atoms with Gasteiger partial charge in [0.05, 0.1) is 0 Å². The fraction of sp³-hybridized carbons (Fsp3) is 0.289. The minimum atomic E-state index is -2.53. The van der Waals surface area contributed by atoms with Crippen LogP contribution in [0.3, 0.4) is 0 Å². The average molecular weight is 675 g/mol. The second-order valence-electron chi connectivity index (χ2n) is 13.4. The van der Waals surface area contributed by atoms with Crippen molar-refractivity contribution in [1.29, 1.82) is 0 Å².